The summed E-state index contributed by atoms with van der Waals surface area (Å²) in [6, 6.07) is 11.7. The van der Waals surface area contributed by atoms with E-state index in [2.05, 4.69) is 15.3 Å². The Morgan fingerprint density at radius 1 is 1.14 bits per heavy atom. The van der Waals surface area contributed by atoms with Crippen molar-refractivity contribution in [3.05, 3.63) is 76.8 Å². The Labute approximate surface area is 211 Å². The maximum absolute atomic E-state index is 14.4. The van der Waals surface area contributed by atoms with Gasteiger partial charge in [0.2, 0.25) is 5.88 Å². The largest absolute Gasteiger partial charge is 0.476 e. The molecule has 0 spiro atoms. The van der Waals surface area contributed by atoms with E-state index in [-0.39, 0.29) is 22.3 Å². The Hall–Kier alpha value is -3.88. The smallest absolute Gasteiger partial charge is 0.213 e. The lowest BCUT2D eigenvalue weighted by molar-refractivity contribution is 0.0968. The Kier molecular flexibility index (Phi) is 6.63. The molecule has 0 amide bonds. The van der Waals surface area contributed by atoms with Crippen molar-refractivity contribution in [2.45, 2.75) is 12.8 Å². The fraction of sp³-hybridized carbons (Fsp3) is 0.185. The highest BCUT2D eigenvalue weighted by atomic mass is 35.5. The van der Waals surface area contributed by atoms with Crippen molar-refractivity contribution in [3.8, 4) is 17.0 Å². The summed E-state index contributed by atoms with van der Waals surface area (Å²) in [5.41, 5.74) is 8.82. The standard InChI is InChI=1S/C27H22ClFN4O3/c28-22-10-17(11-23(29)21(22)14-34)16-3-5-24-19(9-16)26(20(13-31-24)27(35)15-1-2-15)33-18-4-6-25(32-12-18)36-8-7-30/h3-6,9-15H,1-2,7-8,30H2,(H,31,33). The van der Waals surface area contributed by atoms with Crippen LogP contribution in [0.25, 0.3) is 22.0 Å². The summed E-state index contributed by atoms with van der Waals surface area (Å²) in [5.74, 6) is -0.246. The minimum atomic E-state index is -0.704. The number of benzene rings is 2. The van der Waals surface area contributed by atoms with Crippen LogP contribution >= 0.6 is 11.6 Å². The predicted molar refractivity (Wildman–Crippen MR) is 137 cm³/mol. The molecular weight excluding hydrogens is 483 g/mol. The summed E-state index contributed by atoms with van der Waals surface area (Å²) in [5, 5.41) is 4.04. The normalized spacial score (nSPS) is 13.0. The van der Waals surface area contributed by atoms with Crippen LogP contribution in [0.2, 0.25) is 5.02 Å². The molecule has 1 saturated carbocycles. The first-order valence-corrected chi connectivity index (χ1v) is 11.8. The first-order valence-electron chi connectivity index (χ1n) is 11.5. The van der Waals surface area contributed by atoms with Crippen LogP contribution in [0.3, 0.4) is 0 Å². The third-order valence-corrected chi connectivity index (χ3v) is 6.30. The van der Waals surface area contributed by atoms with Crippen LogP contribution in [0, 0.1) is 11.7 Å². The molecule has 0 aliphatic heterocycles. The highest BCUT2D eigenvalue weighted by Gasteiger charge is 2.32. The number of aromatic nitrogens is 2. The van der Waals surface area contributed by atoms with Crippen molar-refractivity contribution in [1.29, 1.82) is 0 Å². The Bertz CT molecular complexity index is 1450. The second kappa shape index (κ2) is 10.0. The van der Waals surface area contributed by atoms with Crippen molar-refractivity contribution >= 4 is 45.9 Å². The topological polar surface area (TPSA) is 107 Å². The number of halogens is 2. The second-order valence-electron chi connectivity index (χ2n) is 8.54. The first kappa shape index (κ1) is 23.8. The van der Waals surface area contributed by atoms with Gasteiger partial charge in [-0.15, -0.1) is 0 Å². The van der Waals surface area contributed by atoms with Gasteiger partial charge in [-0.3, -0.25) is 14.6 Å². The van der Waals surface area contributed by atoms with Crippen LogP contribution in [0.4, 0.5) is 15.8 Å². The van der Waals surface area contributed by atoms with Crippen LogP contribution < -0.4 is 15.8 Å². The molecular formula is C27H22ClFN4O3. The maximum atomic E-state index is 14.4. The molecule has 5 rings (SSSR count). The second-order valence-corrected chi connectivity index (χ2v) is 8.94. The van der Waals surface area contributed by atoms with Gasteiger partial charge in [-0.25, -0.2) is 9.37 Å². The number of carbonyl (C=O) groups is 2. The third-order valence-electron chi connectivity index (χ3n) is 5.99. The molecule has 1 aliphatic rings. The van der Waals surface area contributed by atoms with E-state index in [4.69, 9.17) is 22.1 Å². The van der Waals surface area contributed by atoms with Crippen molar-refractivity contribution in [3.63, 3.8) is 0 Å². The zero-order valence-corrected chi connectivity index (χ0v) is 19.9. The molecule has 36 heavy (non-hydrogen) atoms. The number of carbonyl (C=O) groups excluding carboxylic acids is 2. The number of rotatable bonds is 9. The number of pyridine rings is 2. The van der Waals surface area contributed by atoms with E-state index in [1.807, 2.05) is 6.07 Å². The van der Waals surface area contributed by atoms with Gasteiger partial charge in [0.25, 0.3) is 0 Å². The molecule has 1 aliphatic carbocycles. The van der Waals surface area contributed by atoms with Gasteiger partial charge in [0.05, 0.1) is 39.2 Å². The molecule has 0 radical (unpaired) electrons. The van der Waals surface area contributed by atoms with Crippen LogP contribution in [0.15, 0.2) is 54.9 Å². The molecule has 182 valence electrons. The number of ether oxygens (including phenoxy) is 1. The predicted octanol–water partition coefficient (Wildman–Crippen LogP) is 5.58. The fourth-order valence-corrected chi connectivity index (χ4v) is 4.22. The number of aldehydes is 1. The molecule has 1 fully saturated rings. The third kappa shape index (κ3) is 4.78. The van der Waals surface area contributed by atoms with E-state index in [1.54, 1.807) is 42.7 Å². The highest BCUT2D eigenvalue weighted by molar-refractivity contribution is 6.33. The van der Waals surface area contributed by atoms with Crippen LogP contribution in [-0.4, -0.2) is 35.2 Å². The molecule has 0 unspecified atom stereocenters. The van der Waals surface area contributed by atoms with Crippen molar-refractivity contribution < 1.29 is 18.7 Å². The highest BCUT2D eigenvalue weighted by Crippen LogP contribution is 2.39. The van der Waals surface area contributed by atoms with E-state index >= 15 is 0 Å². The summed E-state index contributed by atoms with van der Waals surface area (Å²) in [7, 11) is 0. The van der Waals surface area contributed by atoms with E-state index < -0.39 is 5.82 Å². The maximum Gasteiger partial charge on any atom is 0.213 e. The van der Waals surface area contributed by atoms with E-state index in [0.717, 1.165) is 12.8 Å². The molecule has 2 aromatic heterocycles. The molecule has 4 aromatic rings. The zero-order valence-electron chi connectivity index (χ0n) is 19.1. The van der Waals surface area contributed by atoms with E-state index in [9.17, 15) is 14.0 Å². The SMILES string of the molecule is NCCOc1ccc(Nc2c(C(=O)C3CC3)cnc3ccc(-c4cc(F)c(C=O)c(Cl)c4)cc23)cn1. The van der Waals surface area contributed by atoms with Gasteiger partial charge in [0.1, 0.15) is 12.4 Å². The van der Waals surface area contributed by atoms with Gasteiger partial charge in [0, 0.05) is 30.1 Å². The van der Waals surface area contributed by atoms with Gasteiger partial charge in [-0.1, -0.05) is 17.7 Å². The molecule has 0 atom stereocenters. The van der Waals surface area contributed by atoms with Gasteiger partial charge in [-0.2, -0.15) is 0 Å². The summed E-state index contributed by atoms with van der Waals surface area (Å²) >= 11 is 6.13. The number of hydrogen-bond donors (Lipinski definition) is 2. The number of ketones is 1. The number of nitrogens with two attached hydrogens (primary N) is 1. The average Bonchev–Trinajstić information content (AvgIpc) is 3.73. The summed E-state index contributed by atoms with van der Waals surface area (Å²) in [6.45, 7) is 0.739. The van der Waals surface area contributed by atoms with Gasteiger partial charge in [0.15, 0.2) is 12.1 Å². The van der Waals surface area contributed by atoms with E-state index in [0.29, 0.717) is 64.3 Å². The van der Waals surface area contributed by atoms with Crippen LogP contribution in [0.5, 0.6) is 5.88 Å². The molecule has 3 N–H and O–H groups in total. The van der Waals surface area contributed by atoms with E-state index in [1.165, 1.54) is 6.07 Å². The summed E-state index contributed by atoms with van der Waals surface area (Å²) < 4.78 is 19.9. The van der Waals surface area contributed by atoms with Gasteiger partial charge < -0.3 is 15.8 Å². The monoisotopic (exact) mass is 504 g/mol. The molecule has 0 bridgehead atoms. The molecule has 9 heteroatoms. The molecule has 0 saturated heterocycles. The number of fused-ring (bicyclic) bond motifs is 1. The minimum Gasteiger partial charge on any atom is -0.476 e. The lowest BCUT2D eigenvalue weighted by Gasteiger charge is -2.15. The van der Waals surface area contributed by atoms with Crippen molar-refractivity contribution in [2.24, 2.45) is 11.7 Å². The summed E-state index contributed by atoms with van der Waals surface area (Å²) in [6.07, 6.45) is 5.30. The quantitative estimate of drug-likeness (QED) is 0.226. The molecule has 2 aromatic carbocycles. The Morgan fingerprint density at radius 2 is 1.97 bits per heavy atom. The van der Waals surface area contributed by atoms with Crippen molar-refractivity contribution in [2.75, 3.05) is 18.5 Å². The number of Topliss-reactive ketones (excluding diaryl/α,β-unsaturated/α-hetero) is 1. The lowest BCUT2D eigenvalue weighted by atomic mass is 9.98. The fourth-order valence-electron chi connectivity index (χ4n) is 3.97. The zero-order chi connectivity index (χ0) is 25.2. The average molecular weight is 505 g/mol. The molecule has 7 nitrogen and oxygen atoms in total. The first-order chi connectivity index (χ1) is 17.5. The van der Waals surface area contributed by atoms with Crippen LogP contribution in [-0.2, 0) is 0 Å². The van der Waals surface area contributed by atoms with Gasteiger partial charge >= 0.3 is 0 Å². The summed E-state index contributed by atoms with van der Waals surface area (Å²) in [4.78, 5) is 33.0. The van der Waals surface area contributed by atoms with Crippen molar-refractivity contribution in [1.82, 2.24) is 9.97 Å². The minimum absolute atomic E-state index is 0.0121. The Morgan fingerprint density at radius 3 is 2.64 bits per heavy atom. The number of nitrogens with one attached hydrogen (secondary N) is 1. The van der Waals surface area contributed by atoms with Gasteiger partial charge in [-0.05, 0) is 54.3 Å². The number of anilines is 2. The number of nitrogens with zero attached hydrogens (tertiary/aromatic N) is 2. The van der Waals surface area contributed by atoms with Crippen LogP contribution in [0.1, 0.15) is 33.6 Å². The number of hydrogen-bond acceptors (Lipinski definition) is 7. The molecule has 2 heterocycles. The lowest BCUT2D eigenvalue weighted by Crippen LogP contribution is -2.11. The Balaban J connectivity index is 1.60.